The van der Waals surface area contributed by atoms with Crippen LogP contribution in [0.2, 0.25) is 0 Å². The van der Waals surface area contributed by atoms with E-state index in [2.05, 4.69) is 9.97 Å². The minimum Gasteiger partial charge on any atom is -0.496 e. The van der Waals surface area contributed by atoms with Gasteiger partial charge < -0.3 is 28.8 Å². The fourth-order valence-electron chi connectivity index (χ4n) is 3.46. The van der Waals surface area contributed by atoms with Gasteiger partial charge in [0, 0.05) is 26.2 Å². The number of fused-ring (bicyclic) bond motifs is 1. The second-order valence-electron chi connectivity index (χ2n) is 6.63. The quantitative estimate of drug-likeness (QED) is 0.656. The van der Waals surface area contributed by atoms with Crippen molar-refractivity contribution in [2.45, 2.75) is 33.1 Å². The Morgan fingerprint density at radius 3 is 2.37 bits per heavy atom. The molecular weight excluding hydrogens is 390 g/mol. The van der Waals surface area contributed by atoms with E-state index in [4.69, 9.17) is 18.9 Å². The summed E-state index contributed by atoms with van der Waals surface area (Å²) in [6, 6.07) is 5.16. The van der Waals surface area contributed by atoms with Crippen LogP contribution in [0.3, 0.4) is 0 Å². The smallest absolute Gasteiger partial charge is 0.261 e. The average molecular weight is 417 g/mol. The molecule has 0 radical (unpaired) electrons. The lowest BCUT2D eigenvalue weighted by atomic mass is 10.0. The van der Waals surface area contributed by atoms with E-state index < -0.39 is 6.29 Å². The molecule has 0 unspecified atom stereocenters. The maximum atomic E-state index is 13.2. The standard InChI is InChI=1S/C21H27N3O6/c1-5-29-21(30-6-2)18-22-14-10-11-24(12-13(14)19(25)23-18)20(26)17-15(27-3)8-7-9-16(17)28-4/h7-9,21H,5-6,10-12H2,1-4H3,(H,22,23,25). The van der Waals surface area contributed by atoms with Crippen molar-refractivity contribution in [3.63, 3.8) is 0 Å². The van der Waals surface area contributed by atoms with Gasteiger partial charge in [-0.1, -0.05) is 6.07 Å². The maximum Gasteiger partial charge on any atom is 0.261 e. The molecule has 0 atom stereocenters. The molecule has 2 heterocycles. The number of carbonyl (C=O) groups excluding carboxylic acids is 1. The molecule has 9 heteroatoms. The number of methoxy groups -OCH3 is 2. The number of nitrogens with one attached hydrogen (secondary N) is 1. The first-order valence-electron chi connectivity index (χ1n) is 9.89. The van der Waals surface area contributed by atoms with Crippen LogP contribution in [0.25, 0.3) is 0 Å². The Bertz CT molecular complexity index is 930. The van der Waals surface area contributed by atoms with E-state index >= 15 is 0 Å². The van der Waals surface area contributed by atoms with Crippen molar-refractivity contribution >= 4 is 5.91 Å². The van der Waals surface area contributed by atoms with E-state index in [9.17, 15) is 9.59 Å². The third kappa shape index (κ3) is 4.31. The van der Waals surface area contributed by atoms with E-state index in [1.807, 2.05) is 13.8 Å². The highest BCUT2D eigenvalue weighted by Gasteiger charge is 2.30. The Balaban J connectivity index is 1.90. The lowest BCUT2D eigenvalue weighted by molar-refractivity contribution is -0.145. The summed E-state index contributed by atoms with van der Waals surface area (Å²) in [5.74, 6) is 0.918. The number of nitrogens with zero attached hydrogens (tertiary/aromatic N) is 2. The summed E-state index contributed by atoms with van der Waals surface area (Å²) in [7, 11) is 3.00. The number of hydrogen-bond donors (Lipinski definition) is 1. The number of aromatic nitrogens is 2. The van der Waals surface area contributed by atoms with Gasteiger partial charge in [-0.15, -0.1) is 0 Å². The summed E-state index contributed by atoms with van der Waals surface area (Å²) in [5.41, 5.74) is 1.14. The Hall–Kier alpha value is -2.91. The zero-order chi connectivity index (χ0) is 21.7. The number of ether oxygens (including phenoxy) is 4. The molecule has 1 aromatic carbocycles. The normalized spacial score (nSPS) is 13.3. The van der Waals surface area contributed by atoms with Crippen molar-refractivity contribution in [1.29, 1.82) is 0 Å². The van der Waals surface area contributed by atoms with Crippen molar-refractivity contribution in [1.82, 2.24) is 14.9 Å². The third-order valence-electron chi connectivity index (χ3n) is 4.88. The molecule has 1 aliphatic rings. The van der Waals surface area contributed by atoms with Crippen molar-refractivity contribution in [3.8, 4) is 11.5 Å². The maximum absolute atomic E-state index is 13.2. The fraction of sp³-hybridized carbons (Fsp3) is 0.476. The minimum atomic E-state index is -0.726. The average Bonchev–Trinajstić information content (AvgIpc) is 2.77. The number of hydrogen-bond acceptors (Lipinski definition) is 7. The van der Waals surface area contributed by atoms with Crippen molar-refractivity contribution in [3.05, 3.63) is 51.2 Å². The van der Waals surface area contributed by atoms with Crippen molar-refractivity contribution < 1.29 is 23.7 Å². The predicted octanol–water partition coefficient (Wildman–Crippen LogP) is 2.06. The van der Waals surface area contributed by atoms with Gasteiger partial charge in [0.2, 0.25) is 6.29 Å². The Morgan fingerprint density at radius 2 is 1.80 bits per heavy atom. The summed E-state index contributed by atoms with van der Waals surface area (Å²) in [5, 5.41) is 0. The van der Waals surface area contributed by atoms with E-state index in [1.54, 1.807) is 23.1 Å². The molecule has 0 spiro atoms. The molecule has 0 bridgehead atoms. The molecule has 1 N–H and O–H groups in total. The molecule has 0 aliphatic carbocycles. The molecular formula is C21H27N3O6. The molecule has 1 aliphatic heterocycles. The predicted molar refractivity (Wildman–Crippen MR) is 109 cm³/mol. The van der Waals surface area contributed by atoms with Crippen molar-refractivity contribution in [2.24, 2.45) is 0 Å². The first-order chi connectivity index (χ1) is 14.5. The van der Waals surface area contributed by atoms with Gasteiger partial charge in [0.1, 0.15) is 17.1 Å². The van der Waals surface area contributed by atoms with Crippen LogP contribution in [-0.2, 0) is 22.4 Å². The molecule has 1 aromatic heterocycles. The van der Waals surface area contributed by atoms with Gasteiger partial charge >= 0.3 is 0 Å². The molecule has 9 nitrogen and oxygen atoms in total. The lowest BCUT2D eigenvalue weighted by Crippen LogP contribution is -2.40. The van der Waals surface area contributed by atoms with Gasteiger partial charge in [-0.2, -0.15) is 0 Å². The van der Waals surface area contributed by atoms with E-state index in [0.29, 0.717) is 60.3 Å². The van der Waals surface area contributed by atoms with Gasteiger partial charge in [-0.05, 0) is 26.0 Å². The molecule has 0 saturated carbocycles. The first kappa shape index (κ1) is 21.8. The summed E-state index contributed by atoms with van der Waals surface area (Å²) in [6.07, 6.45) is -0.282. The van der Waals surface area contributed by atoms with Crippen LogP contribution in [0.5, 0.6) is 11.5 Å². The topological polar surface area (TPSA) is 103 Å². The van der Waals surface area contributed by atoms with Crippen LogP contribution in [0.4, 0.5) is 0 Å². The highest BCUT2D eigenvalue weighted by Crippen LogP contribution is 2.31. The molecule has 2 aromatic rings. The molecule has 30 heavy (non-hydrogen) atoms. The summed E-state index contributed by atoms with van der Waals surface area (Å²) >= 11 is 0. The largest absolute Gasteiger partial charge is 0.496 e. The number of aromatic amines is 1. The second-order valence-corrected chi connectivity index (χ2v) is 6.63. The number of rotatable bonds is 8. The highest BCUT2D eigenvalue weighted by molar-refractivity contribution is 5.99. The number of carbonyl (C=O) groups is 1. The van der Waals surface area contributed by atoms with Gasteiger partial charge in [0.05, 0.1) is 32.0 Å². The van der Waals surface area contributed by atoms with Crippen LogP contribution in [-0.4, -0.2) is 54.8 Å². The Morgan fingerprint density at radius 1 is 1.17 bits per heavy atom. The monoisotopic (exact) mass is 417 g/mol. The molecule has 1 amide bonds. The van der Waals surface area contributed by atoms with E-state index in [1.165, 1.54) is 14.2 Å². The van der Waals surface area contributed by atoms with Gasteiger partial charge in [-0.25, -0.2) is 4.98 Å². The van der Waals surface area contributed by atoms with E-state index in [0.717, 1.165) is 0 Å². The molecule has 0 saturated heterocycles. The zero-order valence-electron chi connectivity index (χ0n) is 17.7. The van der Waals surface area contributed by atoms with Crippen molar-refractivity contribution in [2.75, 3.05) is 34.0 Å². The summed E-state index contributed by atoms with van der Waals surface area (Å²) in [4.78, 5) is 34.9. The zero-order valence-corrected chi connectivity index (χ0v) is 17.7. The lowest BCUT2D eigenvalue weighted by Gasteiger charge is -2.29. The van der Waals surface area contributed by atoms with Gasteiger partial charge in [-0.3, -0.25) is 9.59 Å². The summed E-state index contributed by atoms with van der Waals surface area (Å²) < 4.78 is 21.8. The van der Waals surface area contributed by atoms with E-state index in [-0.39, 0.29) is 18.0 Å². The Labute approximate surface area is 174 Å². The first-order valence-corrected chi connectivity index (χ1v) is 9.89. The molecule has 0 fully saturated rings. The van der Waals surface area contributed by atoms with Crippen LogP contribution < -0.4 is 15.0 Å². The fourth-order valence-corrected chi connectivity index (χ4v) is 3.46. The Kier molecular flexibility index (Phi) is 7.07. The van der Waals surface area contributed by atoms with Crippen LogP contribution in [0.15, 0.2) is 23.0 Å². The number of benzene rings is 1. The summed E-state index contributed by atoms with van der Waals surface area (Å²) in [6.45, 7) is 5.10. The SMILES string of the molecule is CCOC(OCC)c1nc2c(c(=O)[nH]1)CN(C(=O)c1c(OC)cccc1OC)CC2. The van der Waals surface area contributed by atoms with Crippen LogP contribution >= 0.6 is 0 Å². The third-order valence-corrected chi connectivity index (χ3v) is 4.88. The van der Waals surface area contributed by atoms with Crippen LogP contribution in [0, 0.1) is 0 Å². The molecule has 162 valence electrons. The second kappa shape index (κ2) is 9.73. The van der Waals surface area contributed by atoms with Crippen LogP contribution in [0.1, 0.15) is 47.6 Å². The number of amides is 1. The number of H-pyrrole nitrogens is 1. The minimum absolute atomic E-state index is 0.145. The van der Waals surface area contributed by atoms with Gasteiger partial charge in [0.15, 0.2) is 5.82 Å². The highest BCUT2D eigenvalue weighted by atomic mass is 16.7. The van der Waals surface area contributed by atoms with Gasteiger partial charge in [0.25, 0.3) is 11.5 Å². The molecule has 3 rings (SSSR count).